The lowest BCUT2D eigenvalue weighted by molar-refractivity contribution is 1.11. The monoisotopic (exact) mass is 293 g/mol. The molecule has 4 N–H and O–H groups in total. The number of benzene rings is 1. The van der Waals surface area contributed by atoms with E-state index in [9.17, 15) is 0 Å². The molecule has 0 unspecified atom stereocenters. The van der Waals surface area contributed by atoms with Crippen molar-refractivity contribution in [2.75, 3.05) is 6.54 Å². The van der Waals surface area contributed by atoms with E-state index in [2.05, 4.69) is 58.2 Å². The lowest BCUT2D eigenvalue weighted by Gasteiger charge is -2.07. The van der Waals surface area contributed by atoms with Crippen LogP contribution in [-0.4, -0.2) is 24.1 Å². The molecule has 0 saturated heterocycles. The summed E-state index contributed by atoms with van der Waals surface area (Å²) in [6.07, 6.45) is 1.82. The molecule has 0 bridgehead atoms. The normalized spacial score (nSPS) is 17.4. The number of nitrogens with two attached hydrogens (primary N) is 1. The summed E-state index contributed by atoms with van der Waals surface area (Å²) in [6.45, 7) is 8.11. The number of amidine groups is 1. The minimum absolute atomic E-state index is 0.378. The highest BCUT2D eigenvalue weighted by Gasteiger charge is 2.15. The Morgan fingerprint density at radius 2 is 2.18 bits per heavy atom. The number of aromatic nitrogens is 1. The summed E-state index contributed by atoms with van der Waals surface area (Å²) in [5.74, 6) is 1.28. The van der Waals surface area contributed by atoms with Gasteiger partial charge in [0.05, 0.1) is 12.4 Å². The van der Waals surface area contributed by atoms with Crippen LogP contribution in [0.5, 0.6) is 0 Å². The Bertz CT molecular complexity index is 836. The van der Waals surface area contributed by atoms with Crippen molar-refractivity contribution in [3.63, 3.8) is 0 Å². The Balaban J connectivity index is 2.14. The number of aliphatic imine (C=N–C) groups is 2. The summed E-state index contributed by atoms with van der Waals surface area (Å²) in [5, 5.41) is 4.45. The van der Waals surface area contributed by atoms with Gasteiger partial charge in [-0.3, -0.25) is 4.99 Å². The fourth-order valence-electron chi connectivity index (χ4n) is 2.55. The second-order valence-corrected chi connectivity index (χ2v) is 5.42. The maximum absolute atomic E-state index is 5.85. The van der Waals surface area contributed by atoms with E-state index in [0.29, 0.717) is 12.4 Å². The molecule has 3 rings (SSSR count). The van der Waals surface area contributed by atoms with Crippen LogP contribution in [0.1, 0.15) is 18.2 Å². The number of nitrogens with one attached hydrogen (secondary N) is 2. The highest BCUT2D eigenvalue weighted by atomic mass is 15.1. The first-order valence-corrected chi connectivity index (χ1v) is 7.11. The van der Waals surface area contributed by atoms with Gasteiger partial charge >= 0.3 is 0 Å². The number of allylic oxidation sites excluding steroid dienone is 2. The molecule has 0 fully saturated rings. The molecule has 1 aromatic carbocycles. The molecule has 0 aliphatic carbocycles. The minimum Gasteiger partial charge on any atom is -0.384 e. The van der Waals surface area contributed by atoms with Crippen LogP contribution in [-0.2, 0) is 0 Å². The molecule has 112 valence electrons. The molecule has 2 heterocycles. The number of hydrogen-bond acceptors (Lipinski definition) is 4. The van der Waals surface area contributed by atoms with E-state index in [1.807, 2.05) is 13.0 Å². The van der Waals surface area contributed by atoms with E-state index >= 15 is 0 Å². The molecule has 5 heteroatoms. The molecule has 0 spiro atoms. The van der Waals surface area contributed by atoms with Crippen molar-refractivity contribution in [3.8, 4) is 0 Å². The van der Waals surface area contributed by atoms with Crippen LogP contribution in [0.3, 0.4) is 0 Å². The van der Waals surface area contributed by atoms with Gasteiger partial charge in [0, 0.05) is 27.9 Å². The molecule has 0 saturated carbocycles. The largest absolute Gasteiger partial charge is 0.384 e. The van der Waals surface area contributed by atoms with Crippen molar-refractivity contribution in [2.24, 2.45) is 15.7 Å². The van der Waals surface area contributed by atoms with Crippen LogP contribution < -0.4 is 11.1 Å². The predicted octanol–water partition coefficient (Wildman–Crippen LogP) is 2.71. The third kappa shape index (κ3) is 2.65. The van der Waals surface area contributed by atoms with Crippen molar-refractivity contribution in [1.29, 1.82) is 0 Å². The Labute approximate surface area is 129 Å². The SMILES string of the molecule is C=N/C(N)=C\C(=C1/CN=C(C)N1)c1cc2ccc(C)cc2[nH]1. The highest BCUT2D eigenvalue weighted by molar-refractivity contribution is 5.92. The fourth-order valence-corrected chi connectivity index (χ4v) is 2.55. The van der Waals surface area contributed by atoms with Crippen LogP contribution in [0.15, 0.2) is 51.8 Å². The molecular formula is C17H19N5. The number of aryl methyl sites for hydroxylation is 1. The van der Waals surface area contributed by atoms with Crippen LogP contribution in [0.4, 0.5) is 0 Å². The van der Waals surface area contributed by atoms with Gasteiger partial charge in [0.2, 0.25) is 0 Å². The van der Waals surface area contributed by atoms with Crippen molar-refractivity contribution < 1.29 is 0 Å². The van der Waals surface area contributed by atoms with Crippen LogP contribution in [0, 0.1) is 6.92 Å². The maximum atomic E-state index is 5.85. The third-order valence-corrected chi connectivity index (χ3v) is 3.67. The summed E-state index contributed by atoms with van der Waals surface area (Å²) in [6, 6.07) is 8.45. The molecule has 1 aliphatic rings. The Morgan fingerprint density at radius 3 is 2.86 bits per heavy atom. The first-order valence-electron chi connectivity index (χ1n) is 7.11. The average molecular weight is 293 g/mol. The lowest BCUT2D eigenvalue weighted by atomic mass is 10.1. The molecule has 0 atom stereocenters. The van der Waals surface area contributed by atoms with E-state index in [1.165, 1.54) is 5.56 Å². The van der Waals surface area contributed by atoms with Crippen LogP contribution in [0.2, 0.25) is 0 Å². The van der Waals surface area contributed by atoms with E-state index in [0.717, 1.165) is 33.7 Å². The molecular weight excluding hydrogens is 274 g/mol. The van der Waals surface area contributed by atoms with Gasteiger partial charge < -0.3 is 16.0 Å². The zero-order valence-electron chi connectivity index (χ0n) is 12.8. The van der Waals surface area contributed by atoms with Gasteiger partial charge in [-0.2, -0.15) is 0 Å². The Kier molecular flexibility index (Phi) is 3.55. The van der Waals surface area contributed by atoms with E-state index in [4.69, 9.17) is 5.73 Å². The highest BCUT2D eigenvalue weighted by Crippen LogP contribution is 2.26. The van der Waals surface area contributed by atoms with Gasteiger partial charge in [0.25, 0.3) is 0 Å². The number of hydrogen-bond donors (Lipinski definition) is 3. The second-order valence-electron chi connectivity index (χ2n) is 5.42. The van der Waals surface area contributed by atoms with Crippen molar-refractivity contribution in [1.82, 2.24) is 10.3 Å². The summed E-state index contributed by atoms with van der Waals surface area (Å²) in [5.41, 5.74) is 11.1. The average Bonchev–Trinajstić information content (AvgIpc) is 3.10. The molecule has 2 aromatic rings. The van der Waals surface area contributed by atoms with Gasteiger partial charge in [-0.05, 0) is 44.3 Å². The first-order chi connectivity index (χ1) is 10.6. The van der Waals surface area contributed by atoms with Gasteiger partial charge in [0.15, 0.2) is 0 Å². The quantitative estimate of drug-likeness (QED) is 0.761. The standard InChI is InChI=1S/C17H19N5/c1-10-4-5-12-7-15(22-14(12)6-10)13(8-17(18)19-3)16-9-20-11(2)21-16/h4-8,22H,3,9,18H2,1-2H3,(H,20,21)/b16-13-,17-8-. The lowest BCUT2D eigenvalue weighted by Crippen LogP contribution is -2.15. The number of rotatable bonds is 3. The Morgan fingerprint density at radius 1 is 1.36 bits per heavy atom. The maximum Gasteiger partial charge on any atom is 0.123 e. The number of nitrogens with zero attached hydrogens (tertiary/aromatic N) is 2. The molecule has 5 nitrogen and oxygen atoms in total. The number of aromatic amines is 1. The molecule has 0 amide bonds. The van der Waals surface area contributed by atoms with E-state index in [1.54, 1.807) is 0 Å². The molecule has 22 heavy (non-hydrogen) atoms. The topological polar surface area (TPSA) is 78.6 Å². The molecule has 1 aromatic heterocycles. The third-order valence-electron chi connectivity index (χ3n) is 3.67. The van der Waals surface area contributed by atoms with Crippen LogP contribution in [0.25, 0.3) is 16.5 Å². The zero-order valence-corrected chi connectivity index (χ0v) is 12.8. The molecule has 0 radical (unpaired) electrons. The number of fused-ring (bicyclic) bond motifs is 1. The zero-order chi connectivity index (χ0) is 15.7. The summed E-state index contributed by atoms with van der Waals surface area (Å²) >= 11 is 0. The van der Waals surface area contributed by atoms with Crippen LogP contribution >= 0.6 is 0 Å². The first kappa shape index (κ1) is 14.1. The smallest absolute Gasteiger partial charge is 0.123 e. The summed E-state index contributed by atoms with van der Waals surface area (Å²) in [4.78, 5) is 11.6. The number of H-pyrrole nitrogens is 1. The summed E-state index contributed by atoms with van der Waals surface area (Å²) < 4.78 is 0. The van der Waals surface area contributed by atoms with Crippen molar-refractivity contribution in [3.05, 3.63) is 53.1 Å². The van der Waals surface area contributed by atoms with Crippen molar-refractivity contribution >= 4 is 29.0 Å². The van der Waals surface area contributed by atoms with E-state index < -0.39 is 0 Å². The second kappa shape index (κ2) is 5.52. The fraction of sp³-hybridized carbons (Fsp3) is 0.176. The summed E-state index contributed by atoms with van der Waals surface area (Å²) in [7, 11) is 0. The van der Waals surface area contributed by atoms with E-state index in [-0.39, 0.29) is 0 Å². The van der Waals surface area contributed by atoms with Crippen molar-refractivity contribution in [2.45, 2.75) is 13.8 Å². The molecule has 1 aliphatic heterocycles. The Hall–Kier alpha value is -2.82. The minimum atomic E-state index is 0.378. The predicted molar refractivity (Wildman–Crippen MR) is 92.9 cm³/mol. The van der Waals surface area contributed by atoms with Gasteiger partial charge in [-0.1, -0.05) is 12.1 Å². The van der Waals surface area contributed by atoms with Gasteiger partial charge in [-0.15, -0.1) is 0 Å². The van der Waals surface area contributed by atoms with Gasteiger partial charge in [-0.25, -0.2) is 4.99 Å². The van der Waals surface area contributed by atoms with Gasteiger partial charge in [0.1, 0.15) is 5.82 Å².